The zero-order chi connectivity index (χ0) is 27.7. The van der Waals surface area contributed by atoms with Crippen molar-refractivity contribution >= 4 is 18.6 Å². The zero-order valence-corrected chi connectivity index (χ0v) is 24.3. The van der Waals surface area contributed by atoms with Gasteiger partial charge in [0.15, 0.2) is 0 Å². The largest absolute Gasteiger partial charge is 0.757 e. The molecule has 0 bridgehead atoms. The maximum Gasteiger partial charge on any atom is 0.757 e. The van der Waals surface area contributed by atoms with Gasteiger partial charge in [0, 0.05) is 34.4 Å². The lowest BCUT2D eigenvalue weighted by atomic mass is 9.64. The molecule has 3 aromatic rings. The van der Waals surface area contributed by atoms with Crippen molar-refractivity contribution in [2.45, 2.75) is 65.5 Å². The average molecular weight is 521 g/mol. The van der Waals surface area contributed by atoms with Crippen molar-refractivity contribution in [2.75, 3.05) is 11.9 Å². The minimum Gasteiger partial charge on any atom is -0.330 e. The van der Waals surface area contributed by atoms with E-state index >= 15 is 4.32 Å². The molecule has 200 valence electrons. The van der Waals surface area contributed by atoms with Gasteiger partial charge in [0.05, 0.1) is 18.5 Å². The van der Waals surface area contributed by atoms with E-state index in [9.17, 15) is 0 Å². The molecule has 1 aliphatic carbocycles. The normalized spacial score (nSPS) is 29.5. The monoisotopic (exact) mass is 520 g/mol. The maximum absolute atomic E-state index is 16.6. The Morgan fingerprint density at radius 1 is 1.00 bits per heavy atom. The molecule has 1 aromatic heterocycles. The summed E-state index contributed by atoms with van der Waals surface area (Å²) < 4.78 is 18.9. The number of aryl methyl sites for hydroxylation is 2. The first-order valence-electron chi connectivity index (χ1n) is 14.3. The average Bonchev–Trinajstić information content (AvgIpc) is 3.36. The maximum atomic E-state index is 16.6. The van der Waals surface area contributed by atoms with E-state index in [0.29, 0.717) is 10.3 Å². The Bertz CT molecular complexity index is 1500. The number of para-hydroxylation sites is 1. The second-order valence-electron chi connectivity index (χ2n) is 12.4. The predicted molar refractivity (Wildman–Crippen MR) is 162 cm³/mol. The quantitative estimate of drug-likeness (QED) is 0.250. The van der Waals surface area contributed by atoms with E-state index in [-0.39, 0.29) is 17.5 Å². The molecule has 0 radical (unpaired) electrons. The van der Waals surface area contributed by atoms with E-state index in [2.05, 4.69) is 132 Å². The number of quaternary nitrogens is 1. The lowest BCUT2D eigenvalue weighted by Gasteiger charge is -2.54. The van der Waals surface area contributed by atoms with Crippen molar-refractivity contribution in [1.82, 2.24) is 4.48 Å². The van der Waals surface area contributed by atoms with Crippen LogP contribution in [0.4, 0.5) is 15.7 Å². The van der Waals surface area contributed by atoms with Crippen molar-refractivity contribution in [2.24, 2.45) is 5.92 Å². The molecule has 5 unspecified atom stereocenters. The first-order chi connectivity index (χ1) is 18.6. The van der Waals surface area contributed by atoms with E-state index in [1.807, 2.05) is 11.4 Å². The van der Waals surface area contributed by atoms with Crippen LogP contribution in [0.15, 0.2) is 96.2 Å². The van der Waals surface area contributed by atoms with E-state index in [4.69, 9.17) is 0 Å². The molecule has 3 heterocycles. The van der Waals surface area contributed by atoms with Gasteiger partial charge in [0.2, 0.25) is 0 Å². The number of anilines is 2. The molecule has 0 fully saturated rings. The van der Waals surface area contributed by atoms with Crippen LogP contribution in [0.5, 0.6) is 0 Å². The van der Waals surface area contributed by atoms with Crippen molar-refractivity contribution < 1.29 is 8.71 Å². The smallest absolute Gasteiger partial charge is 0.330 e. The highest BCUT2D eigenvalue weighted by Gasteiger charge is 2.67. The third-order valence-corrected chi connectivity index (χ3v) is 9.90. The number of hydrogen-bond donors (Lipinski definition) is 0. The van der Waals surface area contributed by atoms with Gasteiger partial charge in [-0.15, -0.1) is 0 Å². The van der Waals surface area contributed by atoms with Crippen LogP contribution in [0.25, 0.3) is 0 Å². The number of aromatic nitrogens is 1. The summed E-state index contributed by atoms with van der Waals surface area (Å²) in [6.07, 6.45) is 9.99. The van der Waals surface area contributed by atoms with Crippen molar-refractivity contribution in [3.8, 4) is 0 Å². The van der Waals surface area contributed by atoms with Gasteiger partial charge in [0.1, 0.15) is 6.04 Å². The summed E-state index contributed by atoms with van der Waals surface area (Å²) in [7, 11) is 0.995. The molecule has 0 N–H and O–H groups in total. The van der Waals surface area contributed by atoms with Crippen molar-refractivity contribution in [1.29, 1.82) is 0 Å². The van der Waals surface area contributed by atoms with Gasteiger partial charge in [-0.05, 0) is 100 Å². The van der Waals surface area contributed by atoms with Gasteiger partial charge in [-0.25, -0.2) is 4.32 Å². The predicted octanol–water partition coefficient (Wildman–Crippen LogP) is 8.01. The third kappa shape index (κ3) is 3.59. The molecular formula is C34H40BFN3+. The van der Waals surface area contributed by atoms with Crippen molar-refractivity contribution in [3.63, 3.8) is 0 Å². The van der Waals surface area contributed by atoms with E-state index in [1.54, 1.807) is 0 Å². The number of fused-ring (bicyclic) bond motifs is 2. The lowest BCUT2D eigenvalue weighted by Crippen LogP contribution is -2.73. The van der Waals surface area contributed by atoms with Crippen LogP contribution in [-0.2, 0) is 5.41 Å². The van der Waals surface area contributed by atoms with Crippen LogP contribution >= 0.6 is 0 Å². The molecule has 2 aliphatic heterocycles. The molecular weight excluding hydrogens is 480 g/mol. The molecule has 5 heteroatoms. The second kappa shape index (κ2) is 9.13. The van der Waals surface area contributed by atoms with Gasteiger partial charge in [-0.1, -0.05) is 49.4 Å². The highest BCUT2D eigenvalue weighted by molar-refractivity contribution is 6.42. The Morgan fingerprint density at radius 2 is 1.67 bits per heavy atom. The summed E-state index contributed by atoms with van der Waals surface area (Å²) >= 11 is 0. The summed E-state index contributed by atoms with van der Waals surface area (Å²) in [6, 6.07) is 22.0. The van der Waals surface area contributed by atoms with Crippen LogP contribution in [-0.4, -0.2) is 35.3 Å². The van der Waals surface area contributed by atoms with Crippen molar-refractivity contribution in [3.05, 3.63) is 119 Å². The molecule has 39 heavy (non-hydrogen) atoms. The van der Waals surface area contributed by atoms with Gasteiger partial charge in [-0.2, -0.15) is 0 Å². The van der Waals surface area contributed by atoms with E-state index < -0.39 is 7.26 Å². The van der Waals surface area contributed by atoms with Crippen LogP contribution < -0.4 is 4.90 Å². The van der Waals surface area contributed by atoms with Gasteiger partial charge in [-0.3, -0.25) is 0 Å². The number of likely N-dealkylation sites (N-methyl/N-ethyl adjacent to an activating group) is 1. The number of halogens is 1. The summed E-state index contributed by atoms with van der Waals surface area (Å²) in [6.45, 7) is 13.2. The number of nitrogens with zero attached hydrogens (tertiary/aromatic N) is 3. The zero-order valence-electron chi connectivity index (χ0n) is 24.3. The fraction of sp³-hybridized carbons (Fsp3) is 0.353. The highest BCUT2D eigenvalue weighted by Crippen LogP contribution is 2.53. The van der Waals surface area contributed by atoms with Gasteiger partial charge >= 0.3 is 7.26 Å². The van der Waals surface area contributed by atoms with Crippen LogP contribution in [0.3, 0.4) is 0 Å². The fourth-order valence-corrected chi connectivity index (χ4v) is 8.07. The Hall–Kier alpha value is -3.31. The standard InChI is InChI=1S/C34H40BFN3/c1-23-13-11-12-16-31(23)37(29-14-9-8-10-15-29)30-19-17-28(18-20-30)34(6)32-24(2)21-26(4)38(32)35(36)39(7)27(5)22-25(3)33(34)39/h8-12,14-23,27,33H,13H2,1-7H3/q+1. The number of benzene rings is 2. The minimum absolute atomic E-state index is 0.0188. The summed E-state index contributed by atoms with van der Waals surface area (Å²) in [5, 5.41) is 0. The molecule has 0 saturated carbocycles. The molecule has 3 nitrogen and oxygen atoms in total. The Morgan fingerprint density at radius 3 is 2.33 bits per heavy atom. The van der Waals surface area contributed by atoms with Crippen LogP contribution in [0.2, 0.25) is 0 Å². The van der Waals surface area contributed by atoms with Crippen LogP contribution in [0.1, 0.15) is 56.6 Å². The number of hydrogen-bond acceptors (Lipinski definition) is 1. The Kier molecular flexibility index (Phi) is 6.07. The first kappa shape index (κ1) is 25.9. The Balaban J connectivity index is 1.52. The Labute approximate surface area is 233 Å². The molecule has 0 spiro atoms. The van der Waals surface area contributed by atoms with E-state index in [1.165, 1.54) is 22.4 Å². The topological polar surface area (TPSA) is 8.17 Å². The third-order valence-electron chi connectivity index (χ3n) is 9.90. The van der Waals surface area contributed by atoms with Gasteiger partial charge in [0.25, 0.3) is 0 Å². The number of allylic oxidation sites excluding steroid dienone is 4. The molecule has 0 saturated heterocycles. The summed E-state index contributed by atoms with van der Waals surface area (Å²) in [5.41, 5.74) is 9.01. The molecule has 3 aliphatic rings. The number of rotatable bonds is 4. The first-order valence-corrected chi connectivity index (χ1v) is 14.3. The molecule has 0 amide bonds. The van der Waals surface area contributed by atoms with Gasteiger partial charge < -0.3 is 13.8 Å². The summed E-state index contributed by atoms with van der Waals surface area (Å²) in [5.74, 6) is 0.423. The van der Waals surface area contributed by atoms with E-state index in [0.717, 1.165) is 29.2 Å². The minimum atomic E-state index is -1.11. The second-order valence-corrected chi connectivity index (χ2v) is 12.4. The summed E-state index contributed by atoms with van der Waals surface area (Å²) in [4.78, 5) is 2.39. The fourth-order valence-electron chi connectivity index (χ4n) is 8.07. The highest BCUT2D eigenvalue weighted by atomic mass is 19.1. The molecule has 2 aromatic carbocycles. The SMILES string of the molecule is CC1=CC(C)[N+]2(C)B(F)n3c(C)cc(C)c3C(C)(c3ccc(N(C4=CC=CCC4C)c4ccccc4)cc3)C12. The molecule has 5 atom stereocenters. The lowest BCUT2D eigenvalue weighted by molar-refractivity contribution is -0.852. The van der Waals surface area contributed by atoms with Crippen LogP contribution in [0, 0.1) is 19.8 Å². The molecule has 6 rings (SSSR count).